The zero-order valence-electron chi connectivity index (χ0n) is 12.6. The van der Waals surface area contributed by atoms with Gasteiger partial charge in [-0.1, -0.05) is 0 Å². The van der Waals surface area contributed by atoms with Crippen LogP contribution in [-0.4, -0.2) is 42.8 Å². The summed E-state index contributed by atoms with van der Waals surface area (Å²) in [4.78, 5) is 11.3. The molecule has 6 heteroatoms. The molecule has 0 aliphatic rings. The van der Waals surface area contributed by atoms with E-state index in [0.717, 1.165) is 16.8 Å². The van der Waals surface area contributed by atoms with E-state index in [0.29, 0.717) is 18.9 Å². The van der Waals surface area contributed by atoms with Crippen molar-refractivity contribution in [1.82, 2.24) is 0 Å². The molecule has 0 radical (unpaired) electrons. The highest BCUT2D eigenvalue weighted by Crippen LogP contribution is 2.27. The summed E-state index contributed by atoms with van der Waals surface area (Å²) in [6.07, 6.45) is -0.591. The topological polar surface area (TPSA) is 67.8 Å². The van der Waals surface area contributed by atoms with Gasteiger partial charge in [-0.05, 0) is 44.0 Å². The molecule has 0 saturated heterocycles. The number of benzene rings is 1. The average Bonchev–Trinajstić information content (AvgIpc) is 2.44. The number of ether oxygens (including phenoxy) is 2. The summed E-state index contributed by atoms with van der Waals surface area (Å²) < 4.78 is 10.3. The van der Waals surface area contributed by atoms with Crippen LogP contribution in [0.15, 0.2) is 12.1 Å². The first-order chi connectivity index (χ1) is 9.97. The van der Waals surface area contributed by atoms with Crippen LogP contribution in [0.1, 0.15) is 18.1 Å². The van der Waals surface area contributed by atoms with Crippen molar-refractivity contribution in [3.63, 3.8) is 0 Å². The van der Waals surface area contributed by atoms with Gasteiger partial charge in [-0.2, -0.15) is 0 Å². The minimum absolute atomic E-state index is 0.104. The second-order valence-electron chi connectivity index (χ2n) is 4.72. The number of halogens is 1. The van der Waals surface area contributed by atoms with E-state index in [9.17, 15) is 9.90 Å². The van der Waals surface area contributed by atoms with Gasteiger partial charge in [0, 0.05) is 12.2 Å². The lowest BCUT2D eigenvalue weighted by atomic mass is 10.1. The summed E-state index contributed by atoms with van der Waals surface area (Å²) in [6.45, 7) is 6.17. The smallest absolute Gasteiger partial charge is 0.344 e. The van der Waals surface area contributed by atoms with Gasteiger partial charge in [-0.15, -0.1) is 11.6 Å². The number of hydrogen-bond acceptors (Lipinski definition) is 5. The number of anilines is 1. The third-order valence-electron chi connectivity index (χ3n) is 2.82. The van der Waals surface area contributed by atoms with Gasteiger partial charge in [-0.3, -0.25) is 0 Å². The van der Waals surface area contributed by atoms with E-state index in [4.69, 9.17) is 21.1 Å². The van der Waals surface area contributed by atoms with Crippen LogP contribution >= 0.6 is 11.6 Å². The molecule has 2 N–H and O–H groups in total. The zero-order chi connectivity index (χ0) is 15.8. The van der Waals surface area contributed by atoms with Crippen molar-refractivity contribution in [3.05, 3.63) is 23.3 Å². The van der Waals surface area contributed by atoms with E-state index in [1.54, 1.807) is 6.92 Å². The fourth-order valence-electron chi connectivity index (χ4n) is 1.90. The van der Waals surface area contributed by atoms with E-state index in [1.807, 2.05) is 26.0 Å². The van der Waals surface area contributed by atoms with Crippen LogP contribution < -0.4 is 10.1 Å². The SMILES string of the molecule is CCOC(=O)COc1c(C)cc(NCC(O)CCl)cc1C. The number of carbonyl (C=O) groups excluding carboxylic acids is 1. The molecule has 1 aromatic rings. The fourth-order valence-corrected chi connectivity index (χ4v) is 2.01. The van der Waals surface area contributed by atoms with Gasteiger partial charge in [0.1, 0.15) is 5.75 Å². The first kappa shape index (κ1) is 17.6. The van der Waals surface area contributed by atoms with Crippen molar-refractivity contribution >= 4 is 23.3 Å². The van der Waals surface area contributed by atoms with E-state index < -0.39 is 6.10 Å². The molecule has 5 nitrogen and oxygen atoms in total. The summed E-state index contributed by atoms with van der Waals surface area (Å²) in [5.41, 5.74) is 2.68. The minimum Gasteiger partial charge on any atom is -0.481 e. The number of carbonyl (C=O) groups is 1. The molecule has 0 bridgehead atoms. The standard InChI is InChI=1S/C15H22ClNO4/c1-4-20-14(19)9-21-15-10(2)5-12(6-11(15)3)17-8-13(18)7-16/h5-6,13,17-18H,4,7-9H2,1-3H3. The van der Waals surface area contributed by atoms with Crippen molar-refractivity contribution < 1.29 is 19.4 Å². The lowest BCUT2D eigenvalue weighted by Gasteiger charge is -2.15. The van der Waals surface area contributed by atoms with Crippen molar-refractivity contribution in [1.29, 1.82) is 0 Å². The highest BCUT2D eigenvalue weighted by molar-refractivity contribution is 6.18. The Bertz CT molecular complexity index is 456. The largest absolute Gasteiger partial charge is 0.481 e. The van der Waals surface area contributed by atoms with Crippen LogP contribution in [0.25, 0.3) is 0 Å². The lowest BCUT2D eigenvalue weighted by Crippen LogP contribution is -2.21. The lowest BCUT2D eigenvalue weighted by molar-refractivity contribution is -0.145. The molecule has 0 heterocycles. The first-order valence-corrected chi connectivity index (χ1v) is 7.39. The number of aryl methyl sites for hydroxylation is 2. The predicted octanol–water partition coefficient (Wildman–Crippen LogP) is 2.26. The molecule has 0 aliphatic carbocycles. The Labute approximate surface area is 130 Å². The molecule has 1 aromatic carbocycles. The summed E-state index contributed by atoms with van der Waals surface area (Å²) in [6, 6.07) is 3.79. The number of nitrogens with one attached hydrogen (secondary N) is 1. The molecule has 1 rings (SSSR count). The van der Waals surface area contributed by atoms with E-state index in [2.05, 4.69) is 5.32 Å². The van der Waals surface area contributed by atoms with Crippen LogP contribution in [0.3, 0.4) is 0 Å². The molecule has 0 saturated carbocycles. The Morgan fingerprint density at radius 3 is 2.52 bits per heavy atom. The van der Waals surface area contributed by atoms with Crippen molar-refractivity contribution in [2.45, 2.75) is 26.9 Å². The van der Waals surface area contributed by atoms with E-state index in [1.165, 1.54) is 0 Å². The van der Waals surface area contributed by atoms with E-state index in [-0.39, 0.29) is 18.5 Å². The van der Waals surface area contributed by atoms with Gasteiger partial charge in [0.2, 0.25) is 0 Å². The Morgan fingerprint density at radius 2 is 2.00 bits per heavy atom. The Kier molecular flexibility index (Phi) is 7.32. The summed E-state index contributed by atoms with van der Waals surface area (Å²) >= 11 is 5.55. The van der Waals surface area contributed by atoms with Gasteiger partial charge in [0.05, 0.1) is 18.6 Å². The maximum atomic E-state index is 11.3. The monoisotopic (exact) mass is 315 g/mol. The summed E-state index contributed by atoms with van der Waals surface area (Å²) in [7, 11) is 0. The molecule has 1 unspecified atom stereocenters. The second-order valence-corrected chi connectivity index (χ2v) is 5.03. The van der Waals surface area contributed by atoms with Gasteiger partial charge < -0.3 is 19.9 Å². The molecule has 118 valence electrons. The molecule has 0 spiro atoms. The van der Waals surface area contributed by atoms with Crippen LogP contribution in [0.5, 0.6) is 5.75 Å². The number of hydrogen-bond donors (Lipinski definition) is 2. The molecule has 0 aromatic heterocycles. The summed E-state index contributed by atoms with van der Waals surface area (Å²) in [5.74, 6) is 0.473. The van der Waals surface area contributed by atoms with Crippen LogP contribution in [0.2, 0.25) is 0 Å². The molecule has 0 amide bonds. The number of rotatable bonds is 8. The number of alkyl halides is 1. The molecule has 21 heavy (non-hydrogen) atoms. The first-order valence-electron chi connectivity index (χ1n) is 6.85. The van der Waals surface area contributed by atoms with Crippen LogP contribution in [0.4, 0.5) is 5.69 Å². The molecule has 1 atom stereocenters. The second kappa shape index (κ2) is 8.74. The highest BCUT2D eigenvalue weighted by Gasteiger charge is 2.10. The fraction of sp³-hybridized carbons (Fsp3) is 0.533. The van der Waals surface area contributed by atoms with Crippen molar-refractivity contribution in [3.8, 4) is 5.75 Å². The van der Waals surface area contributed by atoms with Crippen molar-refractivity contribution in [2.24, 2.45) is 0 Å². The summed E-state index contributed by atoms with van der Waals surface area (Å²) in [5, 5.41) is 12.5. The Morgan fingerprint density at radius 1 is 1.38 bits per heavy atom. The van der Waals surface area contributed by atoms with Gasteiger partial charge >= 0.3 is 5.97 Å². The normalized spacial score (nSPS) is 11.9. The molecule has 0 aliphatic heterocycles. The Balaban J connectivity index is 2.69. The number of esters is 1. The molecule has 0 fully saturated rings. The zero-order valence-corrected chi connectivity index (χ0v) is 13.4. The number of aliphatic hydroxyl groups is 1. The minimum atomic E-state index is -0.591. The number of aliphatic hydroxyl groups excluding tert-OH is 1. The maximum absolute atomic E-state index is 11.3. The van der Waals surface area contributed by atoms with Crippen LogP contribution in [-0.2, 0) is 9.53 Å². The van der Waals surface area contributed by atoms with Gasteiger partial charge in [-0.25, -0.2) is 4.79 Å². The highest BCUT2D eigenvalue weighted by atomic mass is 35.5. The predicted molar refractivity (Wildman–Crippen MR) is 83.3 cm³/mol. The third kappa shape index (κ3) is 5.81. The van der Waals surface area contributed by atoms with Gasteiger partial charge in [0.15, 0.2) is 6.61 Å². The molecular formula is C15H22ClNO4. The van der Waals surface area contributed by atoms with E-state index >= 15 is 0 Å². The average molecular weight is 316 g/mol. The molecular weight excluding hydrogens is 294 g/mol. The van der Waals surface area contributed by atoms with Gasteiger partial charge in [0.25, 0.3) is 0 Å². The van der Waals surface area contributed by atoms with Crippen molar-refractivity contribution in [2.75, 3.05) is 31.0 Å². The quantitative estimate of drug-likeness (QED) is 0.569. The Hall–Kier alpha value is -1.46. The van der Waals surface area contributed by atoms with Crippen LogP contribution in [0, 0.1) is 13.8 Å². The maximum Gasteiger partial charge on any atom is 0.344 e. The third-order valence-corrected chi connectivity index (χ3v) is 3.18.